The zero-order valence-corrected chi connectivity index (χ0v) is 49.6. The van der Waals surface area contributed by atoms with E-state index in [0.717, 1.165) is 38.9 Å². The minimum atomic E-state index is -0.980. The second-order valence-electron chi connectivity index (χ2n) is 23.9. The predicted octanol–water partition coefficient (Wildman–Crippen LogP) is 18.7. The van der Waals surface area contributed by atoms with E-state index in [2.05, 4.69) is 248 Å². The smallest absolute Gasteiger partial charge is 0.135 e. The van der Waals surface area contributed by atoms with Gasteiger partial charge in [0.15, 0.2) is 0 Å². The van der Waals surface area contributed by atoms with Crippen LogP contribution < -0.4 is 14.5 Å². The zero-order valence-electron chi connectivity index (χ0n) is 52.3. The van der Waals surface area contributed by atoms with E-state index in [0.29, 0.717) is 28.4 Å². The molecule has 0 amide bonds. The topological polar surface area (TPSA) is 33.5 Å². The number of para-hydroxylation sites is 2. The molecule has 2 aromatic heterocycles. The van der Waals surface area contributed by atoms with Crippen LogP contribution in [0, 0.1) is 18.8 Å². The Kier molecular flexibility index (Phi) is 10.6. The number of anilines is 3. The molecule has 6 heteroatoms. The maximum Gasteiger partial charge on any atom is 0.135 e. The summed E-state index contributed by atoms with van der Waals surface area (Å²) in [6.07, 6.45) is 1.83. The van der Waals surface area contributed by atoms with Crippen LogP contribution in [0.1, 0.15) is 94.7 Å². The van der Waals surface area contributed by atoms with Crippen molar-refractivity contribution in [2.24, 2.45) is 0 Å². The van der Waals surface area contributed by atoms with Gasteiger partial charge in [0.1, 0.15) is 5.82 Å². The van der Waals surface area contributed by atoms with Crippen molar-refractivity contribution in [3.05, 3.63) is 359 Å². The Morgan fingerprint density at radius 2 is 1.12 bits per heavy atom. The number of nitrogens with zero attached hydrogens (tertiary/aromatic N) is 4. The van der Waals surface area contributed by atoms with Crippen molar-refractivity contribution in [3.63, 3.8) is 0 Å². The first kappa shape index (κ1) is 46.8. The summed E-state index contributed by atoms with van der Waals surface area (Å²) in [6, 6.07) is 93.9. The second-order valence-corrected chi connectivity index (χ2v) is 23.9. The Balaban J connectivity index is 0.00000661. The Bertz CT molecular complexity index is 5010. The molecule has 0 fully saturated rings. The number of hydrogen-bond donors (Lipinski definition) is 0. The Morgan fingerprint density at radius 3 is 1.79 bits per heavy atom. The third kappa shape index (κ3) is 7.07. The first-order valence-corrected chi connectivity index (χ1v) is 29.1. The van der Waals surface area contributed by atoms with Crippen LogP contribution in [0.5, 0.6) is 11.5 Å². The fraction of sp³-hybridized carbons (Fsp3) is 0.100. The van der Waals surface area contributed by atoms with Crippen molar-refractivity contribution in [1.82, 2.24) is 9.55 Å². The van der Waals surface area contributed by atoms with E-state index in [4.69, 9.17) is 16.6 Å². The molecule has 0 saturated heterocycles. The molecule has 3 heterocycles. The normalized spacial score (nSPS) is 20.2. The van der Waals surface area contributed by atoms with Crippen molar-refractivity contribution in [2.75, 3.05) is 9.80 Å². The first-order valence-electron chi connectivity index (χ1n) is 31.6. The van der Waals surface area contributed by atoms with Crippen LogP contribution in [-0.2, 0) is 42.8 Å². The fourth-order valence-electron chi connectivity index (χ4n) is 15.6. The molecule has 4 bridgehead atoms. The number of fused-ring (bicyclic) bond motifs is 4. The Hall–Kier alpha value is -9.54. The quantitative estimate of drug-likeness (QED) is 0.142. The second kappa shape index (κ2) is 19.5. The van der Waals surface area contributed by atoms with Crippen LogP contribution in [-0.4, -0.2) is 9.55 Å². The van der Waals surface area contributed by atoms with Gasteiger partial charge in [0.05, 0.1) is 23.2 Å². The summed E-state index contributed by atoms with van der Waals surface area (Å²) in [5.41, 5.74) is 16.0. The van der Waals surface area contributed by atoms with Crippen LogP contribution >= 0.6 is 0 Å². The third-order valence-electron chi connectivity index (χ3n) is 18.8. The van der Waals surface area contributed by atoms with E-state index in [9.17, 15) is 0 Å². The van der Waals surface area contributed by atoms with E-state index in [1.54, 1.807) is 0 Å². The van der Waals surface area contributed by atoms with Gasteiger partial charge in [-0.3, -0.25) is 0 Å². The maximum atomic E-state index is 8.87. The van der Waals surface area contributed by atoms with Crippen LogP contribution in [0.4, 0.5) is 17.1 Å². The molecular weight excluding hydrogens is 1230 g/mol. The number of pyridine rings is 1. The molecule has 0 spiro atoms. The van der Waals surface area contributed by atoms with Crippen LogP contribution in [0.2, 0.25) is 0 Å². The van der Waals surface area contributed by atoms with Crippen molar-refractivity contribution in [1.29, 1.82) is 0 Å². The average molecular weight is 1290 g/mol. The van der Waals surface area contributed by atoms with E-state index >= 15 is 0 Å². The van der Waals surface area contributed by atoms with Gasteiger partial charge in [-0.1, -0.05) is 238 Å². The fourth-order valence-corrected chi connectivity index (χ4v) is 15.6. The molecule has 7 aliphatic rings. The summed E-state index contributed by atoms with van der Waals surface area (Å²) >= 11 is 0. The van der Waals surface area contributed by atoms with Gasteiger partial charge < -0.3 is 19.1 Å². The Morgan fingerprint density at radius 1 is 0.523 bits per heavy atom. The summed E-state index contributed by atoms with van der Waals surface area (Å²) in [6.45, 7) is 8.84. The van der Waals surface area contributed by atoms with Gasteiger partial charge in [-0.15, -0.1) is 41.4 Å². The van der Waals surface area contributed by atoms with Gasteiger partial charge >= 0.3 is 0 Å². The van der Waals surface area contributed by atoms with Gasteiger partial charge in [0.2, 0.25) is 0 Å². The van der Waals surface area contributed by atoms with Crippen LogP contribution in [0.25, 0.3) is 38.8 Å². The molecule has 5 nitrogen and oxygen atoms in total. The maximum absolute atomic E-state index is 8.87. The number of benzene rings is 11. The summed E-state index contributed by atoms with van der Waals surface area (Å²) < 4.78 is 52.0. The van der Waals surface area contributed by atoms with Crippen molar-refractivity contribution >= 4 is 38.9 Å². The largest absolute Gasteiger partial charge is 0.509 e. The SMILES string of the molecule is [2H]c1c([2H])c([2H])c(-c2ccc3c(c2)c2ccc(Oc4[c-]c(N5[CH-]N(C67c8ccccc8C(c8ccccc86)C6(c8ccccc8)c8ccccc8C7(c7ccccc7)c7ccccc76)c6ccccc65)ccc4)[c-]c2n3-c2cc(C(C)(C)C)ccn2)c([2H])c1[2H].[Pt]. The van der Waals surface area contributed by atoms with Gasteiger partial charge in [-0.2, -0.15) is 18.8 Å². The summed E-state index contributed by atoms with van der Waals surface area (Å²) in [5.74, 6) is 1.50. The summed E-state index contributed by atoms with van der Waals surface area (Å²) in [4.78, 5) is 9.81. The molecule has 0 N–H and O–H groups in total. The zero-order chi connectivity index (χ0) is 61.0. The standard InChI is InChI=1S/C80H57N4O.Pt/c1-77(2,3)57-46-47-81-75(49-57)84-71-45-42-54(53-24-7-4-8-25-53)48-64(71)61-44-43-60(51-74(61)84)85-59-31-23-30-58(50-59)82-52-83(73-41-22-21-40-72(73)82)80-65-34-15-13-32-62(65)76(63-33-14-16-35-66(63)80)78(55-26-9-5-10-27-55)67-36-17-19-38-69(67)79(80,56-28-11-6-12-29-56)70-39-20-18-37-68(70)78;/h4-49,52,76H,1-3H3;/q-3;/i4D,7D,8D,24D,25D;. The monoisotopic (exact) mass is 1290 g/mol. The molecule has 20 rings (SSSR count). The molecule has 0 unspecified atom stereocenters. The number of aromatic nitrogens is 2. The van der Waals surface area contributed by atoms with E-state index in [1.807, 2.05) is 54.7 Å². The van der Waals surface area contributed by atoms with Gasteiger partial charge in [0.25, 0.3) is 0 Å². The van der Waals surface area contributed by atoms with Crippen molar-refractivity contribution in [2.45, 2.75) is 48.5 Å². The average Bonchev–Trinajstić information content (AvgIpc) is 1.55. The van der Waals surface area contributed by atoms with Crippen LogP contribution in [0.3, 0.4) is 0 Å². The molecule has 0 radical (unpaired) electrons. The molecule has 86 heavy (non-hydrogen) atoms. The summed E-state index contributed by atoms with van der Waals surface area (Å²) in [5, 5.41) is 1.62. The molecule has 0 atom stereocenters. The van der Waals surface area contributed by atoms with Gasteiger partial charge in [-0.05, 0) is 113 Å². The van der Waals surface area contributed by atoms with E-state index in [-0.39, 0.29) is 62.1 Å². The molecule has 416 valence electrons. The van der Waals surface area contributed by atoms with Crippen molar-refractivity contribution in [3.8, 4) is 28.4 Å². The minimum absolute atomic E-state index is 0. The molecule has 13 aromatic rings. The molecular formula is C80H57N4OPt-3. The summed E-state index contributed by atoms with van der Waals surface area (Å²) in [7, 11) is 0. The van der Waals surface area contributed by atoms with Gasteiger partial charge in [0, 0.05) is 61.6 Å². The molecule has 6 aliphatic carbocycles. The van der Waals surface area contributed by atoms with E-state index in [1.165, 1.54) is 55.6 Å². The third-order valence-corrected chi connectivity index (χ3v) is 18.8. The number of ether oxygens (including phenoxy) is 1. The van der Waals surface area contributed by atoms with Crippen molar-refractivity contribution < 1.29 is 32.7 Å². The first-order chi connectivity index (χ1) is 43.9. The molecule has 11 aromatic carbocycles. The predicted molar refractivity (Wildman–Crippen MR) is 343 cm³/mol. The van der Waals surface area contributed by atoms with Gasteiger partial charge in [-0.25, -0.2) is 4.98 Å². The van der Waals surface area contributed by atoms with Crippen LogP contribution in [0.15, 0.2) is 279 Å². The Labute approximate surface area is 523 Å². The molecule has 1 aliphatic heterocycles. The number of hydrogen-bond acceptors (Lipinski definition) is 4. The molecule has 0 saturated carbocycles. The minimum Gasteiger partial charge on any atom is -0.509 e. The number of rotatable bonds is 8. The van der Waals surface area contributed by atoms with E-state index < -0.39 is 22.4 Å².